The summed E-state index contributed by atoms with van der Waals surface area (Å²) in [4.78, 5) is 27.8. The number of amides is 1. The number of carboxylic acid groups (broad SMARTS) is 1. The van der Waals surface area contributed by atoms with Crippen LogP contribution in [0.15, 0.2) is 72.8 Å². The van der Waals surface area contributed by atoms with Gasteiger partial charge in [-0.05, 0) is 54.3 Å². The molecule has 6 nitrogen and oxygen atoms in total. The molecule has 1 atom stereocenters. The third-order valence-electron chi connectivity index (χ3n) is 6.09. The number of carbonyl (C=O) groups is 2. The fourth-order valence-electron chi connectivity index (χ4n) is 4.30. The van der Waals surface area contributed by atoms with Crippen molar-refractivity contribution in [1.29, 1.82) is 0 Å². The van der Waals surface area contributed by atoms with Crippen LogP contribution in [-0.4, -0.2) is 35.1 Å². The lowest BCUT2D eigenvalue weighted by molar-refractivity contribution is 0.0690. The van der Waals surface area contributed by atoms with Crippen LogP contribution in [0.25, 0.3) is 10.9 Å². The zero-order chi connectivity index (χ0) is 22.9. The number of rotatable bonds is 7. The van der Waals surface area contributed by atoms with Crippen molar-refractivity contribution in [2.24, 2.45) is 0 Å². The number of aromatic carboxylic acids is 1. The maximum atomic E-state index is 12.5. The number of ether oxygens (including phenoxy) is 1. The molecule has 1 saturated carbocycles. The highest BCUT2D eigenvalue weighted by Crippen LogP contribution is 2.39. The molecule has 1 aliphatic carbocycles. The van der Waals surface area contributed by atoms with Crippen LogP contribution >= 0.6 is 0 Å². The van der Waals surface area contributed by atoms with E-state index in [1.54, 1.807) is 19.2 Å². The van der Waals surface area contributed by atoms with Crippen molar-refractivity contribution >= 4 is 22.8 Å². The molecule has 5 rings (SSSR count). The van der Waals surface area contributed by atoms with Crippen molar-refractivity contribution in [2.45, 2.75) is 24.8 Å². The fraction of sp³-hybridized carbons (Fsp3) is 0.185. The van der Waals surface area contributed by atoms with Crippen molar-refractivity contribution in [3.63, 3.8) is 0 Å². The number of hydrogen-bond donors (Lipinski definition) is 3. The van der Waals surface area contributed by atoms with Crippen molar-refractivity contribution < 1.29 is 19.4 Å². The normalized spacial score (nSPS) is 14.1. The number of fused-ring (bicyclic) bond motifs is 1. The van der Waals surface area contributed by atoms with Gasteiger partial charge in [-0.1, -0.05) is 42.5 Å². The molecule has 1 aromatic heterocycles. The van der Waals surface area contributed by atoms with Gasteiger partial charge in [0.25, 0.3) is 5.91 Å². The molecule has 3 aromatic carbocycles. The zero-order valence-electron chi connectivity index (χ0n) is 18.2. The first-order valence-corrected chi connectivity index (χ1v) is 10.9. The minimum Gasteiger partial charge on any atom is -0.497 e. The van der Waals surface area contributed by atoms with E-state index in [4.69, 9.17) is 4.74 Å². The summed E-state index contributed by atoms with van der Waals surface area (Å²) < 4.78 is 5.44. The van der Waals surface area contributed by atoms with Gasteiger partial charge >= 0.3 is 5.97 Å². The summed E-state index contributed by atoms with van der Waals surface area (Å²) in [6.45, 7) is 0. The summed E-state index contributed by atoms with van der Waals surface area (Å²) >= 11 is 0. The first-order valence-electron chi connectivity index (χ1n) is 10.9. The Bertz CT molecular complexity index is 1340. The molecule has 6 heteroatoms. The highest BCUT2D eigenvalue weighted by molar-refractivity contribution is 5.99. The Morgan fingerprint density at radius 2 is 1.76 bits per heavy atom. The minimum absolute atomic E-state index is 0.0831. The molecule has 4 aromatic rings. The second kappa shape index (κ2) is 8.47. The quantitative estimate of drug-likeness (QED) is 0.379. The van der Waals surface area contributed by atoms with E-state index in [1.165, 1.54) is 0 Å². The minimum atomic E-state index is -1.02. The van der Waals surface area contributed by atoms with E-state index < -0.39 is 5.97 Å². The van der Waals surface area contributed by atoms with Gasteiger partial charge in [0.2, 0.25) is 0 Å². The molecule has 1 fully saturated rings. The average Bonchev–Trinajstić information content (AvgIpc) is 3.57. The van der Waals surface area contributed by atoms with E-state index in [1.807, 2.05) is 60.7 Å². The standard InChI is InChI=1S/C27H24N2O4/c1-33-20-6-4-5-18(15-20)23(16-9-11-17(12-10-16)26(30)28-19-13-14-19)24-21-7-2-3-8-22(21)29-25(24)27(31)32/h2-12,15,19,23,29H,13-14H2,1H3,(H,28,30)(H,31,32). The molecule has 1 aliphatic rings. The zero-order valence-corrected chi connectivity index (χ0v) is 18.2. The van der Waals surface area contributed by atoms with Gasteiger partial charge < -0.3 is 20.1 Å². The lowest BCUT2D eigenvalue weighted by Crippen LogP contribution is -2.25. The average molecular weight is 440 g/mol. The van der Waals surface area contributed by atoms with Gasteiger partial charge in [0.15, 0.2) is 0 Å². The number of H-pyrrole nitrogens is 1. The van der Waals surface area contributed by atoms with E-state index in [0.717, 1.165) is 34.9 Å². The summed E-state index contributed by atoms with van der Waals surface area (Å²) in [6, 6.07) is 22.9. The van der Waals surface area contributed by atoms with Crippen molar-refractivity contribution in [1.82, 2.24) is 10.3 Å². The van der Waals surface area contributed by atoms with E-state index in [2.05, 4.69) is 10.3 Å². The lowest BCUT2D eigenvalue weighted by Gasteiger charge is -2.20. The summed E-state index contributed by atoms with van der Waals surface area (Å²) in [5, 5.41) is 13.9. The number of benzene rings is 3. The number of hydrogen-bond acceptors (Lipinski definition) is 3. The Morgan fingerprint density at radius 3 is 2.45 bits per heavy atom. The second-order valence-corrected chi connectivity index (χ2v) is 8.34. The van der Waals surface area contributed by atoms with Crippen LogP contribution in [0.5, 0.6) is 5.75 Å². The summed E-state index contributed by atoms with van der Waals surface area (Å²) in [6.07, 6.45) is 2.06. The molecule has 1 unspecified atom stereocenters. The Kier molecular flexibility index (Phi) is 5.34. The van der Waals surface area contributed by atoms with Crippen LogP contribution in [0.2, 0.25) is 0 Å². The smallest absolute Gasteiger partial charge is 0.352 e. The van der Waals surface area contributed by atoms with Gasteiger partial charge in [-0.3, -0.25) is 4.79 Å². The van der Waals surface area contributed by atoms with Gasteiger partial charge in [-0.25, -0.2) is 4.79 Å². The van der Waals surface area contributed by atoms with Crippen LogP contribution in [-0.2, 0) is 0 Å². The molecule has 33 heavy (non-hydrogen) atoms. The highest BCUT2D eigenvalue weighted by Gasteiger charge is 2.28. The Hall–Kier alpha value is -4.06. The Morgan fingerprint density at radius 1 is 1.00 bits per heavy atom. The maximum absolute atomic E-state index is 12.5. The van der Waals surface area contributed by atoms with Gasteiger partial charge in [-0.15, -0.1) is 0 Å². The third kappa shape index (κ3) is 4.07. The molecule has 0 saturated heterocycles. The lowest BCUT2D eigenvalue weighted by atomic mass is 9.83. The topological polar surface area (TPSA) is 91.4 Å². The SMILES string of the molecule is COc1cccc(C(c2ccc(C(=O)NC3CC3)cc2)c2c(C(=O)O)[nH]c3ccccc23)c1. The van der Waals surface area contributed by atoms with E-state index in [9.17, 15) is 14.7 Å². The Labute approximate surface area is 191 Å². The predicted molar refractivity (Wildman–Crippen MR) is 126 cm³/mol. The van der Waals surface area contributed by atoms with Crippen molar-refractivity contribution in [3.8, 4) is 5.75 Å². The number of aromatic amines is 1. The molecule has 166 valence electrons. The van der Waals surface area contributed by atoms with Gasteiger partial charge in [0.1, 0.15) is 11.4 Å². The maximum Gasteiger partial charge on any atom is 0.352 e. The molecule has 3 N–H and O–H groups in total. The monoisotopic (exact) mass is 440 g/mol. The summed E-state index contributed by atoms with van der Waals surface area (Å²) in [5.41, 5.74) is 3.97. The van der Waals surface area contributed by atoms with Gasteiger partial charge in [0.05, 0.1) is 7.11 Å². The third-order valence-corrected chi connectivity index (χ3v) is 6.09. The molecule has 1 amide bonds. The molecule has 1 heterocycles. The molecule has 0 bridgehead atoms. The second-order valence-electron chi connectivity index (χ2n) is 8.34. The fourth-order valence-corrected chi connectivity index (χ4v) is 4.30. The Balaban J connectivity index is 1.66. The molecular formula is C27H24N2O4. The van der Waals surface area contributed by atoms with Crippen LogP contribution in [0.3, 0.4) is 0 Å². The van der Waals surface area contributed by atoms with E-state index >= 15 is 0 Å². The number of nitrogens with one attached hydrogen (secondary N) is 2. The van der Waals surface area contributed by atoms with Crippen molar-refractivity contribution in [3.05, 3.63) is 101 Å². The first kappa shape index (κ1) is 20.8. The van der Waals surface area contributed by atoms with E-state index in [0.29, 0.717) is 16.9 Å². The van der Waals surface area contributed by atoms with Gasteiger partial charge in [-0.2, -0.15) is 0 Å². The highest BCUT2D eigenvalue weighted by atomic mass is 16.5. The van der Waals surface area contributed by atoms with Gasteiger partial charge in [0, 0.05) is 34.0 Å². The molecule has 0 radical (unpaired) electrons. The summed E-state index contributed by atoms with van der Waals surface area (Å²) in [7, 11) is 1.61. The molecular weight excluding hydrogens is 416 g/mol. The van der Waals surface area contributed by atoms with Crippen molar-refractivity contribution in [2.75, 3.05) is 7.11 Å². The largest absolute Gasteiger partial charge is 0.497 e. The number of carbonyl (C=O) groups excluding carboxylic acids is 1. The first-order chi connectivity index (χ1) is 16.0. The summed E-state index contributed by atoms with van der Waals surface area (Å²) in [5.74, 6) is -0.785. The number of methoxy groups -OCH3 is 1. The van der Waals surface area contributed by atoms with Crippen LogP contribution in [0.1, 0.15) is 56.3 Å². The van der Waals surface area contributed by atoms with Crippen LogP contribution in [0, 0.1) is 0 Å². The molecule has 0 aliphatic heterocycles. The number of aromatic nitrogens is 1. The molecule has 0 spiro atoms. The number of carboxylic acids is 1. The van der Waals surface area contributed by atoms with E-state index in [-0.39, 0.29) is 23.6 Å². The predicted octanol–water partition coefficient (Wildman–Crippen LogP) is 4.95. The number of para-hydroxylation sites is 1. The van der Waals surface area contributed by atoms with Crippen LogP contribution in [0.4, 0.5) is 0 Å². The van der Waals surface area contributed by atoms with Crippen LogP contribution < -0.4 is 10.1 Å².